The molecule has 1 aromatic carbocycles. The van der Waals surface area contributed by atoms with Crippen molar-refractivity contribution >= 4 is 18.3 Å². The van der Waals surface area contributed by atoms with E-state index in [1.54, 1.807) is 6.92 Å². The van der Waals surface area contributed by atoms with Crippen molar-refractivity contribution in [2.24, 2.45) is 5.73 Å². The minimum Gasteiger partial charge on any atom is -0.493 e. The fourth-order valence-electron chi connectivity index (χ4n) is 1.39. The predicted octanol–water partition coefficient (Wildman–Crippen LogP) is 1.34. The van der Waals surface area contributed by atoms with E-state index < -0.39 is 11.7 Å². The summed E-state index contributed by atoms with van der Waals surface area (Å²) < 4.78 is 23.7. The van der Waals surface area contributed by atoms with E-state index in [-0.39, 0.29) is 36.3 Å². The molecule has 7 heteroatoms. The van der Waals surface area contributed by atoms with Crippen molar-refractivity contribution < 1.29 is 18.7 Å². The summed E-state index contributed by atoms with van der Waals surface area (Å²) in [4.78, 5) is 11.8. The molecule has 1 rings (SSSR count). The van der Waals surface area contributed by atoms with E-state index in [1.807, 2.05) is 0 Å². The first-order chi connectivity index (χ1) is 8.53. The number of amides is 1. The fraction of sp³-hybridized carbons (Fsp3) is 0.417. The van der Waals surface area contributed by atoms with Crippen LogP contribution in [0.2, 0.25) is 0 Å². The molecule has 0 heterocycles. The van der Waals surface area contributed by atoms with Gasteiger partial charge >= 0.3 is 0 Å². The summed E-state index contributed by atoms with van der Waals surface area (Å²) in [6.07, 6.45) is 0. The van der Waals surface area contributed by atoms with Gasteiger partial charge in [0.15, 0.2) is 11.5 Å². The lowest BCUT2D eigenvalue weighted by atomic mass is 10.1. The van der Waals surface area contributed by atoms with E-state index in [0.717, 1.165) is 6.07 Å². The van der Waals surface area contributed by atoms with Crippen LogP contribution in [0, 0.1) is 5.82 Å². The molecule has 0 spiro atoms. The molecular formula is C12H18ClFN2O3. The molecule has 0 aromatic heterocycles. The van der Waals surface area contributed by atoms with Gasteiger partial charge in [0.1, 0.15) is 5.82 Å². The molecule has 5 nitrogen and oxygen atoms in total. The molecule has 0 fully saturated rings. The van der Waals surface area contributed by atoms with Crippen LogP contribution >= 0.6 is 12.4 Å². The smallest absolute Gasteiger partial charge is 0.254 e. The second kappa shape index (κ2) is 7.81. The Labute approximate surface area is 117 Å². The van der Waals surface area contributed by atoms with Crippen LogP contribution in [0.25, 0.3) is 0 Å². The highest BCUT2D eigenvalue weighted by Gasteiger charge is 2.17. The van der Waals surface area contributed by atoms with Crippen LogP contribution in [-0.2, 0) is 0 Å². The first-order valence-corrected chi connectivity index (χ1v) is 5.46. The number of rotatable bonds is 5. The van der Waals surface area contributed by atoms with Gasteiger partial charge in [0.2, 0.25) is 0 Å². The highest BCUT2D eigenvalue weighted by atomic mass is 35.5. The monoisotopic (exact) mass is 292 g/mol. The molecule has 1 amide bonds. The van der Waals surface area contributed by atoms with Crippen LogP contribution in [0.1, 0.15) is 17.3 Å². The SMILES string of the molecule is COc1cc(F)c(C(=O)N[C@@H](C)CN)cc1OC.Cl. The molecule has 0 aliphatic heterocycles. The fourth-order valence-corrected chi connectivity index (χ4v) is 1.39. The number of nitrogens with one attached hydrogen (secondary N) is 1. The molecule has 1 atom stereocenters. The standard InChI is InChI=1S/C12H17FN2O3.ClH/c1-7(6-14)15-12(16)8-4-10(17-2)11(18-3)5-9(8)13;/h4-5,7H,6,14H2,1-3H3,(H,15,16);1H/t7-;/m0./s1. The molecule has 0 radical (unpaired) electrons. The number of nitrogens with two attached hydrogens (primary N) is 1. The van der Waals surface area contributed by atoms with Crippen molar-refractivity contribution in [3.05, 3.63) is 23.5 Å². The number of benzene rings is 1. The van der Waals surface area contributed by atoms with Crippen LogP contribution < -0.4 is 20.5 Å². The first-order valence-electron chi connectivity index (χ1n) is 5.46. The van der Waals surface area contributed by atoms with Gasteiger partial charge in [-0.25, -0.2) is 4.39 Å². The van der Waals surface area contributed by atoms with Crippen LogP contribution in [0.15, 0.2) is 12.1 Å². The molecule has 19 heavy (non-hydrogen) atoms. The van der Waals surface area contributed by atoms with Gasteiger partial charge in [-0.05, 0) is 13.0 Å². The van der Waals surface area contributed by atoms with Crippen molar-refractivity contribution in [1.82, 2.24) is 5.32 Å². The molecule has 1 aromatic rings. The van der Waals surface area contributed by atoms with E-state index in [0.29, 0.717) is 5.75 Å². The molecule has 0 unspecified atom stereocenters. The topological polar surface area (TPSA) is 73.6 Å². The minimum absolute atomic E-state index is 0. The highest BCUT2D eigenvalue weighted by Crippen LogP contribution is 2.29. The zero-order valence-electron chi connectivity index (χ0n) is 11.0. The highest BCUT2D eigenvalue weighted by molar-refractivity contribution is 5.95. The average Bonchev–Trinajstić information content (AvgIpc) is 2.37. The van der Waals surface area contributed by atoms with Crippen LogP contribution in [0.4, 0.5) is 4.39 Å². The number of methoxy groups -OCH3 is 2. The van der Waals surface area contributed by atoms with Gasteiger partial charge in [-0.1, -0.05) is 0 Å². The quantitative estimate of drug-likeness (QED) is 0.859. The molecular weight excluding hydrogens is 275 g/mol. The van der Waals surface area contributed by atoms with Crippen LogP contribution in [0.5, 0.6) is 11.5 Å². The largest absolute Gasteiger partial charge is 0.493 e. The molecule has 0 aliphatic rings. The molecule has 0 saturated carbocycles. The van der Waals surface area contributed by atoms with Crippen molar-refractivity contribution in [3.8, 4) is 11.5 Å². The number of carbonyl (C=O) groups is 1. The maximum Gasteiger partial charge on any atom is 0.254 e. The Morgan fingerprint density at radius 3 is 2.37 bits per heavy atom. The van der Waals surface area contributed by atoms with Gasteiger partial charge in [0.05, 0.1) is 19.8 Å². The van der Waals surface area contributed by atoms with E-state index in [4.69, 9.17) is 15.2 Å². The lowest BCUT2D eigenvalue weighted by molar-refractivity contribution is 0.0936. The van der Waals surface area contributed by atoms with Crippen LogP contribution in [0.3, 0.4) is 0 Å². The Hall–Kier alpha value is -1.53. The van der Waals surface area contributed by atoms with Gasteiger partial charge in [-0.2, -0.15) is 0 Å². The number of hydrogen-bond acceptors (Lipinski definition) is 4. The predicted molar refractivity (Wildman–Crippen MR) is 72.7 cm³/mol. The summed E-state index contributed by atoms with van der Waals surface area (Å²) in [5.74, 6) is -0.677. The van der Waals surface area contributed by atoms with Crippen molar-refractivity contribution in [3.63, 3.8) is 0 Å². The van der Waals surface area contributed by atoms with Crippen molar-refractivity contribution in [1.29, 1.82) is 0 Å². The summed E-state index contributed by atoms with van der Waals surface area (Å²) in [5, 5.41) is 2.58. The third-order valence-corrected chi connectivity index (χ3v) is 2.45. The summed E-state index contributed by atoms with van der Waals surface area (Å²) in [6, 6.07) is 2.18. The lowest BCUT2D eigenvalue weighted by Gasteiger charge is -2.14. The van der Waals surface area contributed by atoms with Crippen molar-refractivity contribution in [2.45, 2.75) is 13.0 Å². The Bertz CT molecular complexity index is 443. The zero-order chi connectivity index (χ0) is 13.7. The van der Waals surface area contributed by atoms with E-state index in [2.05, 4.69) is 5.32 Å². The zero-order valence-corrected chi connectivity index (χ0v) is 11.8. The molecule has 0 saturated heterocycles. The molecule has 3 N–H and O–H groups in total. The second-order valence-electron chi connectivity index (χ2n) is 3.80. The summed E-state index contributed by atoms with van der Waals surface area (Å²) >= 11 is 0. The maximum absolute atomic E-state index is 13.7. The molecule has 108 valence electrons. The number of carbonyl (C=O) groups excluding carboxylic acids is 1. The Kier molecular flexibility index (Phi) is 7.18. The van der Waals surface area contributed by atoms with E-state index in [1.165, 1.54) is 20.3 Å². The number of hydrogen-bond donors (Lipinski definition) is 2. The first kappa shape index (κ1) is 17.5. The molecule has 0 bridgehead atoms. The van der Waals surface area contributed by atoms with E-state index >= 15 is 0 Å². The van der Waals surface area contributed by atoms with Gasteiger partial charge in [0.25, 0.3) is 5.91 Å². The summed E-state index contributed by atoms with van der Waals surface area (Å²) in [5.41, 5.74) is 5.28. The number of halogens is 2. The normalized spacial score (nSPS) is 11.2. The number of ether oxygens (including phenoxy) is 2. The third-order valence-electron chi connectivity index (χ3n) is 2.45. The van der Waals surface area contributed by atoms with Gasteiger partial charge in [-0.15, -0.1) is 12.4 Å². The summed E-state index contributed by atoms with van der Waals surface area (Å²) in [7, 11) is 2.81. The van der Waals surface area contributed by atoms with Gasteiger partial charge in [-0.3, -0.25) is 4.79 Å². The average molecular weight is 293 g/mol. The molecule has 0 aliphatic carbocycles. The Morgan fingerprint density at radius 2 is 1.89 bits per heavy atom. The van der Waals surface area contributed by atoms with Gasteiger partial charge in [0, 0.05) is 18.7 Å². The van der Waals surface area contributed by atoms with Gasteiger partial charge < -0.3 is 20.5 Å². The summed E-state index contributed by atoms with van der Waals surface area (Å²) in [6.45, 7) is 2.01. The van der Waals surface area contributed by atoms with Crippen LogP contribution in [-0.4, -0.2) is 32.7 Å². The maximum atomic E-state index is 13.7. The Balaban J connectivity index is 0.00000324. The second-order valence-corrected chi connectivity index (χ2v) is 3.80. The third kappa shape index (κ3) is 4.25. The van der Waals surface area contributed by atoms with Crippen molar-refractivity contribution in [2.75, 3.05) is 20.8 Å². The minimum atomic E-state index is -0.672. The lowest BCUT2D eigenvalue weighted by Crippen LogP contribution is -2.38. The Morgan fingerprint density at radius 1 is 1.37 bits per heavy atom. The van der Waals surface area contributed by atoms with E-state index in [9.17, 15) is 9.18 Å².